The fourth-order valence-electron chi connectivity index (χ4n) is 5.98. The Morgan fingerprint density at radius 1 is 1.03 bits per heavy atom. The number of fused-ring (bicyclic) bond motifs is 1. The van der Waals surface area contributed by atoms with Gasteiger partial charge in [-0.1, -0.05) is 36.1 Å². The summed E-state index contributed by atoms with van der Waals surface area (Å²) in [7, 11) is 0. The van der Waals surface area contributed by atoms with Crippen molar-refractivity contribution in [2.75, 3.05) is 6.61 Å². The zero-order chi connectivity index (χ0) is 25.9. The second kappa shape index (κ2) is 10.8. The van der Waals surface area contributed by atoms with E-state index in [4.69, 9.17) is 4.74 Å². The van der Waals surface area contributed by atoms with Gasteiger partial charge in [-0.05, 0) is 80.8 Å². The van der Waals surface area contributed by atoms with Crippen molar-refractivity contribution in [2.24, 2.45) is 23.7 Å². The topological polar surface area (TPSA) is 111 Å². The molecule has 2 aromatic carbocycles. The van der Waals surface area contributed by atoms with Crippen molar-refractivity contribution < 1.29 is 19.4 Å². The van der Waals surface area contributed by atoms with Crippen molar-refractivity contribution in [2.45, 2.75) is 58.4 Å². The molecule has 0 unspecified atom stereocenters. The first kappa shape index (κ1) is 25.1. The smallest absolute Gasteiger partial charge is 0.307 e. The van der Waals surface area contributed by atoms with Crippen LogP contribution in [0.2, 0.25) is 0 Å². The van der Waals surface area contributed by atoms with Crippen LogP contribution in [0.5, 0.6) is 5.75 Å². The van der Waals surface area contributed by atoms with Gasteiger partial charge in [0.05, 0.1) is 24.5 Å². The van der Waals surface area contributed by atoms with E-state index >= 15 is 0 Å². The first-order chi connectivity index (χ1) is 17.9. The minimum atomic E-state index is -1.02. The number of carbonyl (C=O) groups is 2. The third-order valence-electron chi connectivity index (χ3n) is 8.05. The van der Waals surface area contributed by atoms with Crippen LogP contribution in [0.1, 0.15) is 60.9 Å². The quantitative estimate of drug-likeness (QED) is 0.445. The van der Waals surface area contributed by atoms with Crippen molar-refractivity contribution in [3.8, 4) is 5.75 Å². The highest BCUT2D eigenvalue weighted by molar-refractivity contribution is 6.00. The lowest BCUT2D eigenvalue weighted by molar-refractivity contribution is -0.144. The molecule has 37 heavy (non-hydrogen) atoms. The van der Waals surface area contributed by atoms with E-state index in [1.165, 1.54) is 36.8 Å². The normalized spacial score (nSPS) is 22.2. The van der Waals surface area contributed by atoms with Crippen LogP contribution in [0, 0.1) is 30.6 Å². The maximum atomic E-state index is 13.4. The Morgan fingerprint density at radius 3 is 2.51 bits per heavy atom. The number of hydrogen-bond acceptors (Lipinski definition) is 6. The van der Waals surface area contributed by atoms with Gasteiger partial charge in [0.2, 0.25) is 0 Å². The molecule has 0 saturated heterocycles. The van der Waals surface area contributed by atoms with Crippen molar-refractivity contribution in [1.82, 2.24) is 15.0 Å². The molecule has 2 aliphatic rings. The maximum Gasteiger partial charge on any atom is 0.307 e. The van der Waals surface area contributed by atoms with Crippen LogP contribution in [0.15, 0.2) is 47.3 Å². The zero-order valence-electron chi connectivity index (χ0n) is 21.1. The van der Waals surface area contributed by atoms with Gasteiger partial charge < -0.3 is 9.84 Å². The van der Waals surface area contributed by atoms with E-state index in [-0.39, 0.29) is 23.8 Å². The lowest BCUT2D eigenvalue weighted by Gasteiger charge is -2.22. The van der Waals surface area contributed by atoms with Gasteiger partial charge in [-0.15, -0.1) is 5.10 Å². The molecule has 194 valence electrons. The number of hydrogen-bond donors (Lipinski definition) is 1. The standard InChI is InChI=1S/C29H33N3O5/c1-18-7-14-25-24(15-18)28(34)32(31-30-25)16-21-10-13-23(26(21)29(35)36)27(33)20-8-11-22(12-9-20)37-17-19-5-3-2-4-6-19/h7-9,11-12,14-15,19,21,23,26H,2-6,10,13,16-17H2,1H3,(H,35,36)/t21-,23-,26-/m0/s1. The molecule has 2 fully saturated rings. The SMILES string of the molecule is Cc1ccc2nnn(C[C@@H]3CC[C@H](C(=O)c4ccc(OCC5CCCCC5)cc4)[C@H]3C(=O)O)c(=O)c2c1. The van der Waals surface area contributed by atoms with E-state index < -0.39 is 17.8 Å². The Balaban J connectivity index is 1.28. The summed E-state index contributed by atoms with van der Waals surface area (Å²) in [6, 6.07) is 12.4. The maximum absolute atomic E-state index is 13.4. The molecule has 0 spiro atoms. The predicted molar refractivity (Wildman–Crippen MR) is 139 cm³/mol. The van der Waals surface area contributed by atoms with Gasteiger partial charge in [0.15, 0.2) is 5.78 Å². The number of Topliss-reactive ketones (excluding diaryl/α,β-unsaturated/α-hetero) is 1. The summed E-state index contributed by atoms with van der Waals surface area (Å²) < 4.78 is 7.19. The molecule has 2 aliphatic carbocycles. The van der Waals surface area contributed by atoms with E-state index in [0.29, 0.717) is 41.8 Å². The molecule has 8 nitrogen and oxygen atoms in total. The van der Waals surface area contributed by atoms with E-state index in [0.717, 1.165) is 11.3 Å². The van der Waals surface area contributed by atoms with Gasteiger partial charge in [0, 0.05) is 11.5 Å². The molecule has 1 heterocycles. The number of benzene rings is 2. The second-order valence-corrected chi connectivity index (χ2v) is 10.6. The van der Waals surface area contributed by atoms with Gasteiger partial charge in [-0.3, -0.25) is 14.4 Å². The van der Waals surface area contributed by atoms with Crippen molar-refractivity contribution in [1.29, 1.82) is 0 Å². The number of aromatic nitrogens is 3. The Labute approximate surface area is 215 Å². The zero-order valence-corrected chi connectivity index (χ0v) is 21.1. The molecule has 1 aromatic heterocycles. The molecule has 8 heteroatoms. The molecule has 1 N–H and O–H groups in total. The average molecular weight is 504 g/mol. The number of aliphatic carboxylic acids is 1. The molecule has 0 bridgehead atoms. The fraction of sp³-hybridized carbons (Fsp3) is 0.483. The molecule has 3 aromatic rings. The first-order valence-electron chi connectivity index (χ1n) is 13.2. The monoisotopic (exact) mass is 503 g/mol. The number of carbonyl (C=O) groups excluding carboxylic acids is 1. The lowest BCUT2D eigenvalue weighted by atomic mass is 9.84. The Morgan fingerprint density at radius 2 is 1.78 bits per heavy atom. The third-order valence-corrected chi connectivity index (χ3v) is 8.05. The van der Waals surface area contributed by atoms with Crippen LogP contribution in [0.3, 0.4) is 0 Å². The number of ketones is 1. The summed E-state index contributed by atoms with van der Waals surface area (Å²) in [5.41, 5.74) is 1.63. The molecule has 5 rings (SSSR count). The molecule has 0 amide bonds. The van der Waals surface area contributed by atoms with Crippen LogP contribution in [0.25, 0.3) is 10.9 Å². The predicted octanol–water partition coefficient (Wildman–Crippen LogP) is 4.67. The highest BCUT2D eigenvalue weighted by Crippen LogP contribution is 2.40. The minimum absolute atomic E-state index is 0.115. The summed E-state index contributed by atoms with van der Waals surface area (Å²) in [6.45, 7) is 2.70. The number of nitrogens with zero attached hydrogens (tertiary/aromatic N) is 3. The van der Waals surface area contributed by atoms with Crippen LogP contribution < -0.4 is 10.3 Å². The molecule has 3 atom stereocenters. The molecule has 2 saturated carbocycles. The van der Waals surface area contributed by atoms with Gasteiger partial charge in [-0.2, -0.15) is 0 Å². The number of carboxylic acids is 1. The summed E-state index contributed by atoms with van der Waals surface area (Å²) in [6.07, 6.45) is 7.20. The number of aryl methyl sites for hydroxylation is 1. The van der Waals surface area contributed by atoms with E-state index in [1.807, 2.05) is 13.0 Å². The third kappa shape index (κ3) is 5.43. The van der Waals surface area contributed by atoms with Gasteiger partial charge >= 0.3 is 5.97 Å². The molecular weight excluding hydrogens is 470 g/mol. The highest BCUT2D eigenvalue weighted by Gasteiger charge is 2.45. The van der Waals surface area contributed by atoms with E-state index in [2.05, 4.69) is 10.3 Å². The number of rotatable bonds is 8. The molecule has 0 aliphatic heterocycles. The number of ether oxygens (including phenoxy) is 1. The Kier molecular flexibility index (Phi) is 7.35. The summed E-state index contributed by atoms with van der Waals surface area (Å²) >= 11 is 0. The van der Waals surface area contributed by atoms with Crippen molar-refractivity contribution in [3.63, 3.8) is 0 Å². The van der Waals surface area contributed by atoms with Crippen LogP contribution in [-0.4, -0.2) is 38.5 Å². The summed E-state index contributed by atoms with van der Waals surface area (Å²) in [5.74, 6) is -1.82. The van der Waals surface area contributed by atoms with Crippen LogP contribution >= 0.6 is 0 Å². The van der Waals surface area contributed by atoms with E-state index in [9.17, 15) is 19.5 Å². The van der Waals surface area contributed by atoms with Crippen LogP contribution in [0.4, 0.5) is 0 Å². The van der Waals surface area contributed by atoms with Gasteiger partial charge in [0.25, 0.3) is 5.56 Å². The average Bonchev–Trinajstić information content (AvgIpc) is 3.34. The Hall–Kier alpha value is -3.55. The summed E-state index contributed by atoms with van der Waals surface area (Å²) in [5, 5.41) is 18.7. The second-order valence-electron chi connectivity index (χ2n) is 10.6. The summed E-state index contributed by atoms with van der Waals surface area (Å²) in [4.78, 5) is 38.6. The van der Waals surface area contributed by atoms with Crippen LogP contribution in [-0.2, 0) is 11.3 Å². The lowest BCUT2D eigenvalue weighted by Crippen LogP contribution is -2.34. The van der Waals surface area contributed by atoms with Crippen molar-refractivity contribution in [3.05, 3.63) is 63.9 Å². The highest BCUT2D eigenvalue weighted by atomic mass is 16.5. The first-order valence-corrected chi connectivity index (χ1v) is 13.2. The fourth-order valence-corrected chi connectivity index (χ4v) is 5.98. The van der Waals surface area contributed by atoms with Gasteiger partial charge in [0.1, 0.15) is 11.3 Å². The molecular formula is C29H33N3O5. The number of carboxylic acid groups (broad SMARTS) is 1. The molecule has 0 radical (unpaired) electrons. The van der Waals surface area contributed by atoms with Gasteiger partial charge in [-0.25, -0.2) is 4.68 Å². The van der Waals surface area contributed by atoms with E-state index in [1.54, 1.807) is 36.4 Å². The largest absolute Gasteiger partial charge is 0.493 e. The Bertz CT molecular complexity index is 1340. The van der Waals surface area contributed by atoms with Crippen molar-refractivity contribution >= 4 is 22.7 Å². The minimum Gasteiger partial charge on any atom is -0.493 e.